The Balaban J connectivity index is 2.12. The molecular weight excluding hydrogens is 254 g/mol. The first-order chi connectivity index (χ1) is 9.65. The maximum absolute atomic E-state index is 5.57. The van der Waals surface area contributed by atoms with E-state index >= 15 is 0 Å². The molecule has 0 fully saturated rings. The first-order valence-corrected chi connectivity index (χ1v) is 6.10. The van der Waals surface area contributed by atoms with Crippen molar-refractivity contribution in [3.8, 4) is 17.1 Å². The van der Waals surface area contributed by atoms with Crippen molar-refractivity contribution in [2.45, 2.75) is 13.8 Å². The molecule has 100 valence electrons. The van der Waals surface area contributed by atoms with E-state index in [4.69, 9.17) is 5.73 Å². The second kappa shape index (κ2) is 4.69. The minimum atomic E-state index is 0.237. The van der Waals surface area contributed by atoms with Gasteiger partial charge in [0.15, 0.2) is 5.82 Å². The van der Waals surface area contributed by atoms with Crippen molar-refractivity contribution < 1.29 is 0 Å². The lowest BCUT2D eigenvalue weighted by Crippen LogP contribution is -2.03. The van der Waals surface area contributed by atoms with Crippen LogP contribution >= 0.6 is 0 Å². The van der Waals surface area contributed by atoms with Gasteiger partial charge in [0.1, 0.15) is 0 Å². The molecule has 0 saturated carbocycles. The molecule has 0 saturated heterocycles. The van der Waals surface area contributed by atoms with Gasteiger partial charge in [0.25, 0.3) is 0 Å². The van der Waals surface area contributed by atoms with Crippen molar-refractivity contribution >= 4 is 5.95 Å². The molecule has 7 heteroatoms. The average molecular weight is 267 g/mol. The maximum atomic E-state index is 5.57. The SMILES string of the molecule is Cc1ccc(-n2nnnc2-c2cnc(N)nc2C)cc1. The molecule has 0 aliphatic carbocycles. The Kier molecular flexibility index (Phi) is 2.86. The van der Waals surface area contributed by atoms with Crippen LogP contribution in [0.1, 0.15) is 11.3 Å². The van der Waals surface area contributed by atoms with Crippen LogP contribution in [0.15, 0.2) is 30.5 Å². The van der Waals surface area contributed by atoms with Crippen molar-refractivity contribution in [3.05, 3.63) is 41.7 Å². The number of nitrogens with zero attached hydrogens (tertiary/aromatic N) is 6. The Morgan fingerprint density at radius 2 is 1.85 bits per heavy atom. The number of hydrogen-bond acceptors (Lipinski definition) is 6. The number of nitrogen functional groups attached to an aromatic ring is 1. The Morgan fingerprint density at radius 3 is 2.55 bits per heavy atom. The molecule has 0 unspecified atom stereocenters. The lowest BCUT2D eigenvalue weighted by Gasteiger charge is -2.06. The van der Waals surface area contributed by atoms with Crippen LogP contribution in [0.25, 0.3) is 17.1 Å². The zero-order chi connectivity index (χ0) is 14.1. The number of hydrogen-bond donors (Lipinski definition) is 1. The van der Waals surface area contributed by atoms with Gasteiger partial charge in [-0.2, -0.15) is 4.68 Å². The van der Waals surface area contributed by atoms with E-state index < -0.39 is 0 Å². The van der Waals surface area contributed by atoms with Gasteiger partial charge in [-0.3, -0.25) is 0 Å². The van der Waals surface area contributed by atoms with E-state index in [0.29, 0.717) is 5.82 Å². The van der Waals surface area contributed by atoms with Crippen molar-refractivity contribution in [1.29, 1.82) is 0 Å². The number of aromatic nitrogens is 6. The topological polar surface area (TPSA) is 95.4 Å². The quantitative estimate of drug-likeness (QED) is 0.752. The van der Waals surface area contributed by atoms with Crippen LogP contribution in [0, 0.1) is 13.8 Å². The molecule has 2 N–H and O–H groups in total. The van der Waals surface area contributed by atoms with Gasteiger partial charge in [0.2, 0.25) is 5.95 Å². The van der Waals surface area contributed by atoms with E-state index in [-0.39, 0.29) is 5.95 Å². The Labute approximate surface area is 115 Å². The highest BCUT2D eigenvalue weighted by molar-refractivity contribution is 5.59. The van der Waals surface area contributed by atoms with Gasteiger partial charge >= 0.3 is 0 Å². The number of aryl methyl sites for hydroxylation is 2. The standard InChI is InChI=1S/C13H13N7/c1-8-3-5-10(6-4-8)20-12(17-18-19-20)11-7-15-13(14)16-9(11)2/h3-7H,1-2H3,(H2,14,15,16). The second-order valence-electron chi connectivity index (χ2n) is 4.48. The van der Waals surface area contributed by atoms with E-state index in [1.807, 2.05) is 38.1 Å². The van der Waals surface area contributed by atoms with Crippen LogP contribution in [0.4, 0.5) is 5.95 Å². The number of anilines is 1. The van der Waals surface area contributed by atoms with Crippen LogP contribution in [-0.4, -0.2) is 30.2 Å². The summed E-state index contributed by atoms with van der Waals surface area (Å²) >= 11 is 0. The van der Waals surface area contributed by atoms with Crippen LogP contribution in [-0.2, 0) is 0 Å². The summed E-state index contributed by atoms with van der Waals surface area (Å²) in [6, 6.07) is 7.94. The fourth-order valence-corrected chi connectivity index (χ4v) is 1.92. The Hall–Kier alpha value is -2.83. The number of tetrazole rings is 1. The molecule has 0 amide bonds. The summed E-state index contributed by atoms with van der Waals surface area (Å²) in [4.78, 5) is 8.14. The molecule has 0 aliphatic heterocycles. The number of benzene rings is 1. The fraction of sp³-hybridized carbons (Fsp3) is 0.154. The van der Waals surface area contributed by atoms with Crippen molar-refractivity contribution in [2.24, 2.45) is 0 Å². The third kappa shape index (κ3) is 2.09. The molecule has 0 bridgehead atoms. The highest BCUT2D eigenvalue weighted by Crippen LogP contribution is 2.21. The third-order valence-electron chi connectivity index (χ3n) is 2.99. The zero-order valence-corrected chi connectivity index (χ0v) is 11.1. The molecule has 1 aromatic carbocycles. The third-order valence-corrected chi connectivity index (χ3v) is 2.99. The summed E-state index contributed by atoms with van der Waals surface area (Å²) < 4.78 is 1.65. The monoisotopic (exact) mass is 267 g/mol. The predicted molar refractivity (Wildman–Crippen MR) is 74.1 cm³/mol. The lowest BCUT2D eigenvalue weighted by molar-refractivity contribution is 0.790. The van der Waals surface area contributed by atoms with E-state index in [1.54, 1.807) is 10.9 Å². The van der Waals surface area contributed by atoms with Crippen molar-refractivity contribution in [1.82, 2.24) is 30.2 Å². The number of rotatable bonds is 2. The predicted octanol–water partition coefficient (Wildman–Crippen LogP) is 1.32. The molecule has 20 heavy (non-hydrogen) atoms. The molecule has 2 heterocycles. The first-order valence-electron chi connectivity index (χ1n) is 6.10. The van der Waals surface area contributed by atoms with Crippen LogP contribution in [0.3, 0.4) is 0 Å². The summed E-state index contributed by atoms with van der Waals surface area (Å²) in [5.74, 6) is 0.826. The fourth-order valence-electron chi connectivity index (χ4n) is 1.92. The smallest absolute Gasteiger partial charge is 0.220 e. The van der Waals surface area contributed by atoms with Gasteiger partial charge in [-0.05, 0) is 36.4 Å². The van der Waals surface area contributed by atoms with Gasteiger partial charge in [0.05, 0.1) is 16.9 Å². The van der Waals surface area contributed by atoms with Crippen molar-refractivity contribution in [3.63, 3.8) is 0 Å². The summed E-state index contributed by atoms with van der Waals surface area (Å²) in [7, 11) is 0. The van der Waals surface area contributed by atoms with Crippen LogP contribution in [0.2, 0.25) is 0 Å². The Bertz CT molecular complexity index is 746. The molecule has 0 atom stereocenters. The van der Waals surface area contributed by atoms with E-state index in [2.05, 4.69) is 25.5 Å². The molecule has 0 aliphatic rings. The van der Waals surface area contributed by atoms with Gasteiger partial charge in [0, 0.05) is 6.20 Å². The number of nitrogens with two attached hydrogens (primary N) is 1. The van der Waals surface area contributed by atoms with E-state index in [1.165, 1.54) is 5.56 Å². The Morgan fingerprint density at radius 1 is 1.10 bits per heavy atom. The van der Waals surface area contributed by atoms with E-state index in [0.717, 1.165) is 16.9 Å². The van der Waals surface area contributed by atoms with Gasteiger partial charge in [-0.25, -0.2) is 9.97 Å². The average Bonchev–Trinajstić information content (AvgIpc) is 2.88. The second-order valence-corrected chi connectivity index (χ2v) is 4.48. The first kappa shape index (κ1) is 12.2. The summed E-state index contributed by atoms with van der Waals surface area (Å²) in [5, 5.41) is 11.8. The normalized spacial score (nSPS) is 10.7. The van der Waals surface area contributed by atoms with Gasteiger partial charge < -0.3 is 5.73 Å². The minimum absolute atomic E-state index is 0.237. The van der Waals surface area contributed by atoms with E-state index in [9.17, 15) is 0 Å². The summed E-state index contributed by atoms with van der Waals surface area (Å²) in [5.41, 5.74) is 9.11. The zero-order valence-electron chi connectivity index (χ0n) is 11.1. The molecular formula is C13H13N7. The maximum Gasteiger partial charge on any atom is 0.220 e. The van der Waals surface area contributed by atoms with Gasteiger partial charge in [-0.15, -0.1) is 5.10 Å². The molecule has 0 radical (unpaired) electrons. The summed E-state index contributed by atoms with van der Waals surface area (Å²) in [6.45, 7) is 3.88. The molecule has 2 aromatic heterocycles. The summed E-state index contributed by atoms with van der Waals surface area (Å²) in [6.07, 6.45) is 1.63. The highest BCUT2D eigenvalue weighted by Gasteiger charge is 2.14. The van der Waals surface area contributed by atoms with Gasteiger partial charge in [-0.1, -0.05) is 17.7 Å². The van der Waals surface area contributed by atoms with Crippen molar-refractivity contribution in [2.75, 3.05) is 5.73 Å². The lowest BCUT2D eigenvalue weighted by atomic mass is 10.2. The molecule has 3 aromatic rings. The van der Waals surface area contributed by atoms with Crippen LogP contribution < -0.4 is 5.73 Å². The molecule has 0 spiro atoms. The van der Waals surface area contributed by atoms with Crippen LogP contribution in [0.5, 0.6) is 0 Å². The largest absolute Gasteiger partial charge is 0.368 e. The highest BCUT2D eigenvalue weighted by atomic mass is 15.5. The minimum Gasteiger partial charge on any atom is -0.368 e. The molecule has 3 rings (SSSR count). The molecule has 7 nitrogen and oxygen atoms in total.